The number of aromatic hydroxyl groups is 7. The Kier molecular flexibility index (Phi) is 34.4. The number of pyridine rings is 1. The van der Waals surface area contributed by atoms with Gasteiger partial charge in [-0.3, -0.25) is 9.13 Å². The average Bonchev–Trinajstić information content (AvgIpc) is 1.45. The molecule has 18 heteroatoms. The van der Waals surface area contributed by atoms with Crippen LogP contribution in [0.2, 0.25) is 0 Å². The second kappa shape index (κ2) is 43.4. The number of nitrogens with zero attached hydrogens (tertiary/aromatic N) is 4. The lowest BCUT2D eigenvalue weighted by molar-refractivity contribution is 0.421. The van der Waals surface area contributed by atoms with Gasteiger partial charge in [0.05, 0.1) is 39.4 Å². The molecule has 4 heterocycles. The van der Waals surface area contributed by atoms with E-state index in [-0.39, 0.29) is 73.9 Å². The van der Waals surface area contributed by atoms with Crippen molar-refractivity contribution in [3.05, 3.63) is 313 Å². The van der Waals surface area contributed by atoms with Crippen molar-refractivity contribution in [2.75, 3.05) is 0 Å². The topological polar surface area (TPSA) is 196 Å². The Morgan fingerprint density at radius 3 is 0.993 bits per heavy atom. The number of phenolic OH excluding ortho intramolecular Hbond substituents is 7. The maximum atomic E-state index is 10.9. The Hall–Kier alpha value is -10.2. The number of thioether (sulfide) groups is 1. The Balaban J connectivity index is 0.000000178. The molecule has 0 radical (unpaired) electrons. The summed E-state index contributed by atoms with van der Waals surface area (Å²) in [5.74, 6) is 5.09. The van der Waals surface area contributed by atoms with Crippen molar-refractivity contribution < 1.29 is 44.6 Å². The van der Waals surface area contributed by atoms with Gasteiger partial charge in [0, 0.05) is 24.4 Å². The third kappa shape index (κ3) is 26.0. The molecule has 726 valence electrons. The van der Waals surface area contributed by atoms with E-state index in [0.717, 1.165) is 139 Å². The molecule has 0 amide bonds. The lowest BCUT2D eigenvalue weighted by Crippen LogP contribution is -2.18. The van der Waals surface area contributed by atoms with Gasteiger partial charge in [-0.15, -0.1) is 23.1 Å². The molecule has 0 saturated carbocycles. The number of aryl methyl sites for hydroxylation is 3. The first kappa shape index (κ1) is 108. The minimum absolute atomic E-state index is 0.0851. The number of fused-ring (bicyclic) bond motifs is 3. The number of aromatic nitrogens is 4. The number of rotatable bonds is 19. The first-order valence-corrected chi connectivity index (χ1v) is 50.9. The third-order valence-corrected chi connectivity index (χ3v) is 28.6. The Labute approximate surface area is 834 Å². The molecule has 0 bridgehead atoms. The van der Waals surface area contributed by atoms with Crippen LogP contribution < -0.4 is 0 Å². The SMILES string of the molecule is CC(C)(C)c1cc(CSc2ccccn2)cc(C(C)(C)C)c1O.CC(C)(C)c1cc(Cn2c(=S)oc3ccccc32)cc(C(C)(C)C)c1O.CC(C)(C)c1cc(Cn2c(=S)sc3ccccc32)cc(C(C)(C)C)c1O.CC(C)c1cc(Cn2c(=S)oc3ccccc32)cc(C(C)C)c1O.Cc1cc(O)c(C(C)C)cc1C(C)CC(c1cc(C(C)C)c(O)cc1C)c1cc(C(C)C)c(O)cc1C. The van der Waals surface area contributed by atoms with Gasteiger partial charge in [-0.2, -0.15) is 0 Å². The van der Waals surface area contributed by atoms with Crippen LogP contribution in [0, 0.1) is 34.4 Å². The molecule has 13 nitrogen and oxygen atoms in total. The summed E-state index contributed by atoms with van der Waals surface area (Å²) in [6.07, 6.45) is 2.69. The number of hydrogen-bond donors (Lipinski definition) is 7. The lowest BCUT2D eigenvalue weighted by atomic mass is 9.76. The van der Waals surface area contributed by atoms with E-state index >= 15 is 0 Å². The van der Waals surface area contributed by atoms with Gasteiger partial charge in [-0.25, -0.2) is 4.98 Å². The van der Waals surface area contributed by atoms with Crippen LogP contribution in [0.15, 0.2) is 196 Å². The van der Waals surface area contributed by atoms with E-state index in [2.05, 4.69) is 316 Å². The average molecular weight is 1930 g/mol. The zero-order valence-electron chi connectivity index (χ0n) is 86.7. The highest BCUT2D eigenvalue weighted by molar-refractivity contribution is 7.98. The first-order chi connectivity index (χ1) is 63.2. The van der Waals surface area contributed by atoms with Crippen molar-refractivity contribution in [1.82, 2.24) is 18.7 Å². The molecule has 0 aliphatic rings. The molecular weight excluding hydrogens is 1780 g/mol. The second-order valence-corrected chi connectivity index (χ2v) is 48.1. The monoisotopic (exact) mass is 1930 g/mol. The van der Waals surface area contributed by atoms with E-state index in [1.54, 1.807) is 23.1 Å². The van der Waals surface area contributed by atoms with Gasteiger partial charge in [0.1, 0.15) is 40.2 Å². The summed E-state index contributed by atoms with van der Waals surface area (Å²) in [5, 5.41) is 76.1. The van der Waals surface area contributed by atoms with Gasteiger partial charge in [0.15, 0.2) is 15.1 Å². The number of para-hydroxylation sites is 5. The van der Waals surface area contributed by atoms with E-state index in [1.807, 2.05) is 106 Å². The van der Waals surface area contributed by atoms with Crippen LogP contribution in [0.25, 0.3) is 32.4 Å². The maximum absolute atomic E-state index is 10.9. The largest absolute Gasteiger partial charge is 0.508 e. The highest BCUT2D eigenvalue weighted by atomic mass is 32.2. The number of phenols is 7. The van der Waals surface area contributed by atoms with Gasteiger partial charge in [0.2, 0.25) is 0 Å². The summed E-state index contributed by atoms with van der Waals surface area (Å²) >= 11 is 19.8. The summed E-state index contributed by atoms with van der Waals surface area (Å²) < 4.78 is 19.7. The number of benzene rings is 10. The summed E-state index contributed by atoms with van der Waals surface area (Å²) in [5.41, 5.74) is 26.4. The van der Waals surface area contributed by atoms with E-state index in [4.69, 9.17) is 45.5 Å². The predicted octanol–water partition coefficient (Wildman–Crippen LogP) is 34.2. The van der Waals surface area contributed by atoms with Crippen LogP contribution in [-0.2, 0) is 57.9 Å². The fraction of sp³-hybridized carbons (Fsp3) is 0.424. The van der Waals surface area contributed by atoms with Crippen LogP contribution in [-0.4, -0.2) is 54.4 Å². The van der Waals surface area contributed by atoms with Gasteiger partial charge >= 0.3 is 0 Å². The normalized spacial score (nSPS) is 12.5. The van der Waals surface area contributed by atoms with Gasteiger partial charge < -0.3 is 49.1 Å². The fourth-order valence-electron chi connectivity index (χ4n) is 17.9. The highest BCUT2D eigenvalue weighted by Crippen LogP contribution is 2.49. The number of hydrogen-bond acceptors (Lipinski definition) is 15. The molecule has 4 aromatic heterocycles. The molecule has 1 atom stereocenters. The Morgan fingerprint density at radius 2 is 0.647 bits per heavy atom. The van der Waals surface area contributed by atoms with Gasteiger partial charge in [-0.1, -0.05) is 286 Å². The Bertz CT molecular complexity index is 6400. The number of oxazole rings is 2. The molecule has 1 unspecified atom stereocenters. The van der Waals surface area contributed by atoms with Crippen molar-refractivity contribution in [3.8, 4) is 40.2 Å². The Morgan fingerprint density at radius 1 is 0.338 bits per heavy atom. The molecule has 0 aliphatic heterocycles. The van der Waals surface area contributed by atoms with Crippen molar-refractivity contribution >= 4 is 92.2 Å². The summed E-state index contributed by atoms with van der Waals surface area (Å²) in [4.78, 5) is 5.31. The summed E-state index contributed by atoms with van der Waals surface area (Å²) in [7, 11) is 0. The second-order valence-electron chi connectivity index (χ2n) is 44.7. The minimum Gasteiger partial charge on any atom is -0.508 e. The van der Waals surface area contributed by atoms with Crippen molar-refractivity contribution in [2.45, 2.75) is 332 Å². The molecule has 14 aromatic rings. The maximum Gasteiger partial charge on any atom is 0.269 e. The molecule has 0 saturated heterocycles. The molecule has 0 aliphatic carbocycles. The highest BCUT2D eigenvalue weighted by Gasteiger charge is 2.33. The first-order valence-electron chi connectivity index (χ1n) is 47.9. The van der Waals surface area contributed by atoms with Crippen molar-refractivity contribution in [1.29, 1.82) is 0 Å². The molecule has 0 fully saturated rings. The molecule has 7 N–H and O–H groups in total. The van der Waals surface area contributed by atoms with Crippen LogP contribution in [0.5, 0.6) is 40.2 Å². The molecule has 136 heavy (non-hydrogen) atoms. The van der Waals surface area contributed by atoms with Gasteiger partial charge in [0.25, 0.3) is 9.67 Å². The van der Waals surface area contributed by atoms with Gasteiger partial charge in [-0.05, 0) is 340 Å². The van der Waals surface area contributed by atoms with E-state index in [0.29, 0.717) is 63.0 Å². The third-order valence-electron chi connectivity index (χ3n) is 25.6. The standard InChI is InChI=1S/C34H46O3.C22H27NO2S.C22H27NOS2.C20H23NO2S.C20H27NOS/c1-18(2)25-15-28(22(8)12-32(25)35)21(7)11-31(29-16-26(19(3)4)33(36)13-23(29)9)30-17-27(20(5)6)34(37)14-24(30)10;1-21(2,3)15-11-14(12-16(19(15)24)22(4,5)6)13-23-17-9-7-8-10-18(17)25-20(23)26;1-21(2,3)15-11-14(12-16(19(15)24)22(4,5)6)13-23-17-9-7-8-10-18(17)26-20(23)25;1-12(2)15-9-14(10-16(13(3)4)19(15)22)11-21-17-7-5-6-8-18(17)23-20(21)24;1-19(2,3)15-11-14(12-16(18(15)22)20(4,5)6)13-23-17-9-7-8-10-21-17/h12-21,31,35-37H,11H2,1-10H3;2*7-12,24H,13H2,1-6H3;5-10,12-13,22H,11H2,1-4H3;7-12,22H,13H2,1-6H3. The van der Waals surface area contributed by atoms with E-state index < -0.39 is 0 Å². The summed E-state index contributed by atoms with van der Waals surface area (Å²) in [6, 6.07) is 59.2. The zero-order valence-corrected chi connectivity index (χ0v) is 90.8. The quantitative estimate of drug-likeness (QED) is 0.0298. The minimum atomic E-state index is -0.153. The van der Waals surface area contributed by atoms with E-state index in [1.165, 1.54) is 38.0 Å². The van der Waals surface area contributed by atoms with Crippen molar-refractivity contribution in [2.24, 2.45) is 0 Å². The molecule has 10 aromatic carbocycles. The van der Waals surface area contributed by atoms with Crippen LogP contribution in [0.1, 0.15) is 365 Å². The fourth-order valence-corrected chi connectivity index (χ4v) is 20.5. The van der Waals surface area contributed by atoms with Crippen molar-refractivity contribution in [3.63, 3.8) is 0 Å². The van der Waals surface area contributed by atoms with Crippen LogP contribution >= 0.6 is 59.8 Å². The van der Waals surface area contributed by atoms with Crippen LogP contribution in [0.4, 0.5) is 0 Å². The van der Waals surface area contributed by atoms with E-state index in [9.17, 15) is 35.7 Å². The summed E-state index contributed by atoms with van der Waals surface area (Å²) in [6.45, 7) is 70.0. The lowest BCUT2D eigenvalue weighted by Gasteiger charge is -2.29. The predicted molar refractivity (Wildman–Crippen MR) is 580 cm³/mol. The molecule has 0 spiro atoms. The molecule has 14 rings (SSSR count). The smallest absolute Gasteiger partial charge is 0.269 e. The number of thiazole rings is 1. The molecular formula is C118H150N4O9S5. The zero-order chi connectivity index (χ0) is 101. The van der Waals surface area contributed by atoms with Crippen LogP contribution in [0.3, 0.4) is 0 Å².